The van der Waals surface area contributed by atoms with Crippen LogP contribution in [0.3, 0.4) is 0 Å². The molecule has 0 fully saturated rings. The predicted molar refractivity (Wildman–Crippen MR) is 70.7 cm³/mol. The summed E-state index contributed by atoms with van der Waals surface area (Å²) < 4.78 is 4.51. The zero-order valence-electron chi connectivity index (χ0n) is 11.6. The van der Waals surface area contributed by atoms with Crippen LogP contribution in [-0.2, 0) is 15.1 Å². The number of rotatable bonds is 4. The van der Waals surface area contributed by atoms with Gasteiger partial charge in [0, 0.05) is 12.6 Å². The number of hydrogen-bond donors (Lipinski definition) is 1. The van der Waals surface area contributed by atoms with E-state index in [1.165, 1.54) is 19.1 Å². The summed E-state index contributed by atoms with van der Waals surface area (Å²) in [5, 5.41) is 9.92. The van der Waals surface area contributed by atoms with Crippen LogP contribution < -0.4 is 0 Å². The number of ether oxygens (including phenoxy) is 1. The fraction of sp³-hybridized carbons (Fsp3) is 0.429. The van der Waals surface area contributed by atoms with Gasteiger partial charge in [-0.05, 0) is 31.5 Å². The highest BCUT2D eigenvalue weighted by Gasteiger charge is 2.20. The third-order valence-electron chi connectivity index (χ3n) is 2.76. The molecule has 5 heteroatoms. The number of hydrogen-bond acceptors (Lipinski definition) is 4. The van der Waals surface area contributed by atoms with Crippen molar-refractivity contribution in [3.63, 3.8) is 0 Å². The molecule has 19 heavy (non-hydrogen) atoms. The first-order chi connectivity index (χ1) is 8.75. The number of benzene rings is 1. The average Bonchev–Trinajstić information content (AvgIpc) is 2.36. The molecule has 0 aliphatic heterocycles. The van der Waals surface area contributed by atoms with Crippen LogP contribution in [0.15, 0.2) is 24.3 Å². The van der Waals surface area contributed by atoms with Crippen LogP contribution in [0, 0.1) is 0 Å². The SMILES string of the molecule is COC(=O)CN(C)C(=O)c1cccc(C(C)(C)O)c1. The average molecular weight is 265 g/mol. The Morgan fingerprint density at radius 1 is 1.37 bits per heavy atom. The van der Waals surface area contributed by atoms with E-state index in [0.717, 1.165) is 0 Å². The molecule has 0 unspecified atom stereocenters. The van der Waals surface area contributed by atoms with Gasteiger partial charge in [0.05, 0.1) is 12.7 Å². The molecular weight excluding hydrogens is 246 g/mol. The van der Waals surface area contributed by atoms with Crippen molar-refractivity contribution in [3.8, 4) is 0 Å². The molecule has 0 atom stereocenters. The Morgan fingerprint density at radius 2 is 2.00 bits per heavy atom. The molecule has 0 aromatic heterocycles. The Balaban J connectivity index is 2.91. The van der Waals surface area contributed by atoms with E-state index in [1.54, 1.807) is 38.1 Å². The first-order valence-corrected chi connectivity index (χ1v) is 5.91. The Hall–Kier alpha value is -1.88. The smallest absolute Gasteiger partial charge is 0.325 e. The number of nitrogens with zero attached hydrogens (tertiary/aromatic N) is 1. The van der Waals surface area contributed by atoms with Gasteiger partial charge in [-0.2, -0.15) is 0 Å². The lowest BCUT2D eigenvalue weighted by atomic mass is 9.96. The number of likely N-dealkylation sites (N-methyl/N-ethyl adjacent to an activating group) is 1. The molecule has 104 valence electrons. The first kappa shape index (κ1) is 15.2. The molecule has 0 saturated heterocycles. The van der Waals surface area contributed by atoms with Gasteiger partial charge in [0.25, 0.3) is 5.91 Å². The molecule has 0 saturated carbocycles. The third kappa shape index (κ3) is 4.06. The summed E-state index contributed by atoms with van der Waals surface area (Å²) >= 11 is 0. The zero-order chi connectivity index (χ0) is 14.6. The summed E-state index contributed by atoms with van der Waals surface area (Å²) in [5.74, 6) is -0.772. The molecule has 1 amide bonds. The van der Waals surface area contributed by atoms with Crippen LogP contribution in [0.4, 0.5) is 0 Å². The Labute approximate surface area is 112 Å². The molecule has 5 nitrogen and oxygen atoms in total. The maximum Gasteiger partial charge on any atom is 0.325 e. The van der Waals surface area contributed by atoms with Crippen LogP contribution in [0.1, 0.15) is 29.8 Å². The number of amides is 1. The van der Waals surface area contributed by atoms with E-state index in [2.05, 4.69) is 4.74 Å². The maximum atomic E-state index is 12.1. The van der Waals surface area contributed by atoms with Gasteiger partial charge in [-0.15, -0.1) is 0 Å². The highest BCUT2D eigenvalue weighted by atomic mass is 16.5. The van der Waals surface area contributed by atoms with E-state index in [4.69, 9.17) is 0 Å². The Kier molecular flexibility index (Phi) is 4.67. The second kappa shape index (κ2) is 5.84. The van der Waals surface area contributed by atoms with Crippen molar-refractivity contribution in [2.45, 2.75) is 19.4 Å². The lowest BCUT2D eigenvalue weighted by molar-refractivity contribution is -0.141. The van der Waals surface area contributed by atoms with Crippen LogP contribution in [-0.4, -0.2) is 42.6 Å². The van der Waals surface area contributed by atoms with Gasteiger partial charge in [-0.3, -0.25) is 9.59 Å². The second-order valence-corrected chi connectivity index (χ2v) is 4.88. The van der Waals surface area contributed by atoms with Crippen molar-refractivity contribution < 1.29 is 19.4 Å². The van der Waals surface area contributed by atoms with E-state index >= 15 is 0 Å². The number of esters is 1. The summed E-state index contributed by atoms with van der Waals surface area (Å²) in [6.07, 6.45) is 0. The molecule has 0 aliphatic rings. The van der Waals surface area contributed by atoms with Crippen molar-refractivity contribution in [1.82, 2.24) is 4.90 Å². The molecule has 0 aliphatic carbocycles. The zero-order valence-corrected chi connectivity index (χ0v) is 11.6. The van der Waals surface area contributed by atoms with Gasteiger partial charge in [-0.1, -0.05) is 12.1 Å². The van der Waals surface area contributed by atoms with Crippen LogP contribution >= 0.6 is 0 Å². The van der Waals surface area contributed by atoms with Gasteiger partial charge in [0.15, 0.2) is 0 Å². The standard InChI is InChI=1S/C14H19NO4/c1-14(2,18)11-7-5-6-10(8-11)13(17)15(3)9-12(16)19-4/h5-8,18H,9H2,1-4H3. The largest absolute Gasteiger partial charge is 0.468 e. The van der Waals surface area contributed by atoms with Gasteiger partial charge in [0.2, 0.25) is 0 Å². The lowest BCUT2D eigenvalue weighted by Crippen LogP contribution is -2.32. The monoisotopic (exact) mass is 265 g/mol. The fourth-order valence-electron chi connectivity index (χ4n) is 1.58. The summed E-state index contributed by atoms with van der Waals surface area (Å²) in [7, 11) is 2.80. The maximum absolute atomic E-state index is 12.1. The highest BCUT2D eigenvalue weighted by molar-refractivity contribution is 5.96. The number of carbonyl (C=O) groups is 2. The minimum atomic E-state index is -1.02. The van der Waals surface area contributed by atoms with Crippen molar-refractivity contribution in [1.29, 1.82) is 0 Å². The number of aliphatic hydroxyl groups is 1. The summed E-state index contributed by atoms with van der Waals surface area (Å²) in [5.41, 5.74) is 0.0489. The van der Waals surface area contributed by atoms with E-state index in [9.17, 15) is 14.7 Å². The summed E-state index contributed by atoms with van der Waals surface area (Å²) in [6.45, 7) is 3.19. The van der Waals surface area contributed by atoms with E-state index in [-0.39, 0.29) is 12.5 Å². The first-order valence-electron chi connectivity index (χ1n) is 5.91. The van der Waals surface area contributed by atoms with Gasteiger partial charge in [-0.25, -0.2) is 0 Å². The van der Waals surface area contributed by atoms with E-state index in [1.807, 2.05) is 0 Å². The summed E-state index contributed by atoms with van der Waals surface area (Å²) in [4.78, 5) is 24.5. The summed E-state index contributed by atoms with van der Waals surface area (Å²) in [6, 6.07) is 6.71. The fourth-order valence-corrected chi connectivity index (χ4v) is 1.58. The molecule has 0 radical (unpaired) electrons. The van der Waals surface area contributed by atoms with Crippen molar-refractivity contribution in [3.05, 3.63) is 35.4 Å². The van der Waals surface area contributed by atoms with Crippen molar-refractivity contribution in [2.24, 2.45) is 0 Å². The van der Waals surface area contributed by atoms with Crippen molar-refractivity contribution >= 4 is 11.9 Å². The second-order valence-electron chi connectivity index (χ2n) is 4.88. The molecular formula is C14H19NO4. The van der Waals surface area contributed by atoms with Crippen molar-refractivity contribution in [2.75, 3.05) is 20.7 Å². The minimum absolute atomic E-state index is 0.109. The van der Waals surface area contributed by atoms with Crippen LogP contribution in [0.25, 0.3) is 0 Å². The number of methoxy groups -OCH3 is 1. The molecule has 1 aromatic rings. The molecule has 0 bridgehead atoms. The Morgan fingerprint density at radius 3 is 2.53 bits per heavy atom. The molecule has 1 N–H and O–H groups in total. The van der Waals surface area contributed by atoms with Gasteiger partial charge < -0.3 is 14.7 Å². The quantitative estimate of drug-likeness (QED) is 0.830. The predicted octanol–water partition coefficient (Wildman–Crippen LogP) is 1.16. The topological polar surface area (TPSA) is 66.8 Å². The minimum Gasteiger partial charge on any atom is -0.468 e. The molecule has 1 aromatic carbocycles. The molecule has 0 heterocycles. The molecule has 0 spiro atoms. The van der Waals surface area contributed by atoms with E-state index < -0.39 is 11.6 Å². The van der Waals surface area contributed by atoms with Gasteiger partial charge >= 0.3 is 5.97 Å². The Bertz CT molecular complexity index is 477. The van der Waals surface area contributed by atoms with E-state index in [0.29, 0.717) is 11.1 Å². The highest BCUT2D eigenvalue weighted by Crippen LogP contribution is 2.20. The normalized spacial score (nSPS) is 11.0. The van der Waals surface area contributed by atoms with Crippen LogP contribution in [0.2, 0.25) is 0 Å². The lowest BCUT2D eigenvalue weighted by Gasteiger charge is -2.20. The van der Waals surface area contributed by atoms with Gasteiger partial charge in [0.1, 0.15) is 6.54 Å². The third-order valence-corrected chi connectivity index (χ3v) is 2.76. The number of carbonyl (C=O) groups excluding carboxylic acids is 2. The van der Waals surface area contributed by atoms with Crippen LogP contribution in [0.5, 0.6) is 0 Å². The molecule has 1 rings (SSSR count).